The number of carbonyl (C=O) groups excluding carboxylic acids is 1. The molecule has 1 amide bonds. The molecule has 2 N–H and O–H groups in total. The van der Waals surface area contributed by atoms with E-state index in [-0.39, 0.29) is 5.91 Å². The van der Waals surface area contributed by atoms with Crippen LogP contribution >= 0.6 is 11.8 Å². The van der Waals surface area contributed by atoms with Crippen molar-refractivity contribution in [2.75, 3.05) is 16.9 Å². The lowest BCUT2D eigenvalue weighted by Gasteiger charge is -2.14. The number of amides is 1. The molecule has 3 aromatic rings. The normalized spacial score (nSPS) is 10.2. The van der Waals surface area contributed by atoms with Gasteiger partial charge in [-0.3, -0.25) is 4.79 Å². The molecule has 0 aliphatic carbocycles. The van der Waals surface area contributed by atoms with Crippen LogP contribution in [0.4, 0.5) is 17.1 Å². The average Bonchev–Trinajstić information content (AvgIpc) is 2.64. The lowest BCUT2D eigenvalue weighted by Crippen LogP contribution is -2.14. The Morgan fingerprint density at radius 3 is 2.17 bits per heavy atom. The molecule has 0 aromatic heterocycles. The molecule has 3 rings (SSSR count). The minimum absolute atomic E-state index is 0.109. The third-order valence-electron chi connectivity index (χ3n) is 3.58. The number of rotatable bonds is 5. The van der Waals surface area contributed by atoms with E-state index in [0.717, 1.165) is 22.0 Å². The highest BCUT2D eigenvalue weighted by molar-refractivity contribution is 7.98. The van der Waals surface area contributed by atoms with Crippen LogP contribution in [0, 0.1) is 0 Å². The predicted octanol–water partition coefficient (Wildman–Crippen LogP) is 5.40. The summed E-state index contributed by atoms with van der Waals surface area (Å²) < 4.78 is 0. The molecule has 0 unspecified atom stereocenters. The molecule has 0 saturated heterocycles. The molecular formula is C20H18N2OS. The van der Waals surface area contributed by atoms with E-state index in [0.29, 0.717) is 5.56 Å². The van der Waals surface area contributed by atoms with Crippen molar-refractivity contribution in [1.82, 2.24) is 0 Å². The van der Waals surface area contributed by atoms with Crippen molar-refractivity contribution in [2.24, 2.45) is 0 Å². The van der Waals surface area contributed by atoms with Crippen LogP contribution in [-0.2, 0) is 0 Å². The zero-order valence-electron chi connectivity index (χ0n) is 13.3. The van der Waals surface area contributed by atoms with E-state index in [1.165, 1.54) is 0 Å². The summed E-state index contributed by atoms with van der Waals surface area (Å²) in [7, 11) is 0. The number of hydrogen-bond acceptors (Lipinski definition) is 3. The second kappa shape index (κ2) is 7.70. The minimum Gasteiger partial charge on any atom is -0.354 e. The summed E-state index contributed by atoms with van der Waals surface area (Å²) in [6.45, 7) is 0. The van der Waals surface area contributed by atoms with Crippen LogP contribution in [-0.4, -0.2) is 12.2 Å². The molecule has 0 heterocycles. The van der Waals surface area contributed by atoms with Gasteiger partial charge in [-0.1, -0.05) is 42.5 Å². The van der Waals surface area contributed by atoms with Crippen molar-refractivity contribution in [2.45, 2.75) is 4.90 Å². The van der Waals surface area contributed by atoms with Gasteiger partial charge in [-0.2, -0.15) is 0 Å². The maximum absolute atomic E-state index is 12.6. The van der Waals surface area contributed by atoms with E-state index < -0.39 is 0 Å². The standard InChI is InChI=1S/C20H18N2OS/c1-24-19-14-8-5-11-16(19)20(23)22-18-13-7-6-12-17(18)21-15-9-3-2-4-10-15/h2-14,21H,1H3,(H,22,23). The monoisotopic (exact) mass is 334 g/mol. The van der Waals surface area contributed by atoms with E-state index in [1.54, 1.807) is 11.8 Å². The first-order valence-corrected chi connectivity index (χ1v) is 8.86. The van der Waals surface area contributed by atoms with E-state index in [9.17, 15) is 4.79 Å². The van der Waals surface area contributed by atoms with Gasteiger partial charge in [0.1, 0.15) is 0 Å². The van der Waals surface area contributed by atoms with Gasteiger partial charge in [-0.25, -0.2) is 0 Å². The molecule has 0 spiro atoms. The Morgan fingerprint density at radius 1 is 0.792 bits per heavy atom. The summed E-state index contributed by atoms with van der Waals surface area (Å²) in [4.78, 5) is 13.6. The third kappa shape index (κ3) is 3.78. The highest BCUT2D eigenvalue weighted by atomic mass is 32.2. The van der Waals surface area contributed by atoms with Crippen LogP contribution in [0.15, 0.2) is 83.8 Å². The van der Waals surface area contributed by atoms with Gasteiger partial charge in [0, 0.05) is 10.6 Å². The topological polar surface area (TPSA) is 41.1 Å². The first-order valence-electron chi connectivity index (χ1n) is 7.63. The molecule has 120 valence electrons. The third-order valence-corrected chi connectivity index (χ3v) is 4.38. The highest BCUT2D eigenvalue weighted by Gasteiger charge is 2.12. The Bertz CT molecular complexity index is 834. The lowest BCUT2D eigenvalue weighted by molar-refractivity contribution is 0.102. The van der Waals surface area contributed by atoms with E-state index in [2.05, 4.69) is 10.6 Å². The van der Waals surface area contributed by atoms with Gasteiger partial charge >= 0.3 is 0 Å². The van der Waals surface area contributed by atoms with Gasteiger partial charge in [0.15, 0.2) is 0 Å². The number of hydrogen-bond donors (Lipinski definition) is 2. The molecule has 0 aliphatic rings. The molecule has 0 fully saturated rings. The molecule has 3 nitrogen and oxygen atoms in total. The quantitative estimate of drug-likeness (QED) is 0.613. The number of thioether (sulfide) groups is 1. The van der Waals surface area contributed by atoms with Crippen molar-refractivity contribution in [1.29, 1.82) is 0 Å². The largest absolute Gasteiger partial charge is 0.354 e. The summed E-state index contributed by atoms with van der Waals surface area (Å²) in [6, 6.07) is 25.2. The molecule has 0 atom stereocenters. The Labute approximate surface area is 146 Å². The minimum atomic E-state index is -0.109. The van der Waals surface area contributed by atoms with Crippen LogP contribution in [0.1, 0.15) is 10.4 Å². The smallest absolute Gasteiger partial charge is 0.256 e. The number of para-hydroxylation sites is 3. The summed E-state index contributed by atoms with van der Waals surface area (Å²) in [5.74, 6) is -0.109. The van der Waals surface area contributed by atoms with Crippen LogP contribution in [0.5, 0.6) is 0 Å². The van der Waals surface area contributed by atoms with Gasteiger partial charge in [0.05, 0.1) is 16.9 Å². The zero-order chi connectivity index (χ0) is 16.8. The van der Waals surface area contributed by atoms with Crippen LogP contribution in [0.25, 0.3) is 0 Å². The maximum atomic E-state index is 12.6. The number of benzene rings is 3. The fourth-order valence-corrected chi connectivity index (χ4v) is 3.00. The van der Waals surface area contributed by atoms with Gasteiger partial charge in [0.2, 0.25) is 0 Å². The van der Waals surface area contributed by atoms with E-state index in [1.807, 2.05) is 85.1 Å². The summed E-state index contributed by atoms with van der Waals surface area (Å²) >= 11 is 1.56. The van der Waals surface area contributed by atoms with Gasteiger partial charge in [-0.05, 0) is 42.7 Å². The molecule has 0 aliphatic heterocycles. The summed E-state index contributed by atoms with van der Waals surface area (Å²) in [5.41, 5.74) is 3.27. The fraction of sp³-hybridized carbons (Fsp3) is 0.0500. The molecule has 0 saturated carbocycles. The van der Waals surface area contributed by atoms with Crippen molar-refractivity contribution in [3.63, 3.8) is 0 Å². The maximum Gasteiger partial charge on any atom is 0.256 e. The number of nitrogens with one attached hydrogen (secondary N) is 2. The molecular weight excluding hydrogens is 316 g/mol. The molecule has 4 heteroatoms. The number of carbonyl (C=O) groups is 1. The summed E-state index contributed by atoms with van der Waals surface area (Å²) in [6.07, 6.45) is 1.97. The Kier molecular flexibility index (Phi) is 5.18. The second-order valence-corrected chi connectivity index (χ2v) is 6.04. The first-order chi connectivity index (χ1) is 11.8. The zero-order valence-corrected chi connectivity index (χ0v) is 14.1. The highest BCUT2D eigenvalue weighted by Crippen LogP contribution is 2.27. The Balaban J connectivity index is 1.84. The van der Waals surface area contributed by atoms with Gasteiger partial charge in [-0.15, -0.1) is 11.8 Å². The molecule has 24 heavy (non-hydrogen) atoms. The lowest BCUT2D eigenvalue weighted by atomic mass is 10.2. The van der Waals surface area contributed by atoms with Crippen LogP contribution in [0.3, 0.4) is 0 Å². The van der Waals surface area contributed by atoms with Crippen molar-refractivity contribution in [3.05, 3.63) is 84.4 Å². The molecule has 0 radical (unpaired) electrons. The van der Waals surface area contributed by atoms with Crippen molar-refractivity contribution < 1.29 is 4.79 Å². The van der Waals surface area contributed by atoms with E-state index >= 15 is 0 Å². The Morgan fingerprint density at radius 2 is 1.42 bits per heavy atom. The van der Waals surface area contributed by atoms with E-state index in [4.69, 9.17) is 0 Å². The van der Waals surface area contributed by atoms with Crippen LogP contribution < -0.4 is 10.6 Å². The average molecular weight is 334 g/mol. The number of anilines is 3. The Hall–Kier alpha value is -2.72. The van der Waals surface area contributed by atoms with Crippen molar-refractivity contribution >= 4 is 34.7 Å². The molecule has 0 bridgehead atoms. The van der Waals surface area contributed by atoms with Gasteiger partial charge < -0.3 is 10.6 Å². The molecule has 3 aromatic carbocycles. The van der Waals surface area contributed by atoms with Crippen LogP contribution in [0.2, 0.25) is 0 Å². The summed E-state index contributed by atoms with van der Waals surface area (Å²) in [5, 5.41) is 6.35. The second-order valence-electron chi connectivity index (χ2n) is 5.19. The predicted molar refractivity (Wildman–Crippen MR) is 102 cm³/mol. The van der Waals surface area contributed by atoms with Gasteiger partial charge in [0.25, 0.3) is 5.91 Å². The van der Waals surface area contributed by atoms with Crippen molar-refractivity contribution in [3.8, 4) is 0 Å². The first kappa shape index (κ1) is 16.1. The SMILES string of the molecule is CSc1ccccc1C(=O)Nc1ccccc1Nc1ccccc1. The fourth-order valence-electron chi connectivity index (χ4n) is 2.40.